The van der Waals surface area contributed by atoms with Gasteiger partial charge < -0.3 is 9.30 Å². The quantitative estimate of drug-likeness (QED) is 0.616. The molecule has 0 spiro atoms. The van der Waals surface area contributed by atoms with Gasteiger partial charge in [-0.1, -0.05) is 0 Å². The summed E-state index contributed by atoms with van der Waals surface area (Å²) < 4.78 is 7.26. The average molecular weight is 247 g/mol. The Kier molecular flexibility index (Phi) is 2.52. The van der Waals surface area contributed by atoms with Gasteiger partial charge >= 0.3 is 0 Å². The largest absolute Gasteiger partial charge is 0.381 e. The van der Waals surface area contributed by atoms with Crippen LogP contribution in [0.4, 0.5) is 5.69 Å². The summed E-state index contributed by atoms with van der Waals surface area (Å²) in [4.78, 5) is 14.7. The topological polar surface area (TPSA) is 70.2 Å². The first kappa shape index (κ1) is 11.2. The summed E-state index contributed by atoms with van der Waals surface area (Å²) in [6.07, 6.45) is 3.92. The molecule has 0 aliphatic heterocycles. The number of nitro benzene ring substituents is 1. The van der Waals surface area contributed by atoms with Crippen LogP contribution in [-0.4, -0.2) is 27.7 Å². The fourth-order valence-corrected chi connectivity index (χ4v) is 2.38. The van der Waals surface area contributed by atoms with E-state index in [0.29, 0.717) is 12.1 Å². The van der Waals surface area contributed by atoms with E-state index in [2.05, 4.69) is 4.98 Å². The van der Waals surface area contributed by atoms with Gasteiger partial charge in [0.25, 0.3) is 5.69 Å². The van der Waals surface area contributed by atoms with Crippen LogP contribution in [0.15, 0.2) is 24.5 Å². The molecule has 0 amide bonds. The van der Waals surface area contributed by atoms with E-state index in [1.54, 1.807) is 25.6 Å². The highest BCUT2D eigenvalue weighted by molar-refractivity contribution is 5.78. The summed E-state index contributed by atoms with van der Waals surface area (Å²) in [5.74, 6) is 0. The van der Waals surface area contributed by atoms with Crippen molar-refractivity contribution in [2.24, 2.45) is 0 Å². The van der Waals surface area contributed by atoms with E-state index < -0.39 is 0 Å². The number of ether oxygens (including phenoxy) is 1. The zero-order valence-electron chi connectivity index (χ0n) is 9.94. The van der Waals surface area contributed by atoms with Crippen molar-refractivity contribution in [3.63, 3.8) is 0 Å². The van der Waals surface area contributed by atoms with Gasteiger partial charge in [-0.3, -0.25) is 10.1 Å². The van der Waals surface area contributed by atoms with Gasteiger partial charge in [0.05, 0.1) is 28.4 Å². The molecule has 1 aliphatic rings. The first-order valence-corrected chi connectivity index (χ1v) is 5.83. The Morgan fingerprint density at radius 3 is 2.94 bits per heavy atom. The van der Waals surface area contributed by atoms with Crippen molar-refractivity contribution >= 4 is 16.7 Å². The van der Waals surface area contributed by atoms with Crippen LogP contribution in [0.3, 0.4) is 0 Å². The lowest BCUT2D eigenvalue weighted by molar-refractivity contribution is -0.384. The highest BCUT2D eigenvalue weighted by atomic mass is 16.6. The summed E-state index contributed by atoms with van der Waals surface area (Å²) in [5.41, 5.74) is 1.72. The molecule has 1 saturated carbocycles. The molecule has 0 N–H and O–H groups in total. The van der Waals surface area contributed by atoms with Gasteiger partial charge in [-0.25, -0.2) is 4.98 Å². The minimum absolute atomic E-state index is 0.104. The smallest absolute Gasteiger partial charge is 0.271 e. The Morgan fingerprint density at radius 1 is 1.50 bits per heavy atom. The number of aromatic nitrogens is 2. The highest BCUT2D eigenvalue weighted by Crippen LogP contribution is 2.36. The fourth-order valence-electron chi connectivity index (χ4n) is 2.38. The van der Waals surface area contributed by atoms with Crippen LogP contribution in [0.1, 0.15) is 18.9 Å². The third kappa shape index (κ3) is 1.65. The summed E-state index contributed by atoms with van der Waals surface area (Å²) in [5, 5.41) is 10.8. The van der Waals surface area contributed by atoms with Crippen molar-refractivity contribution in [3.05, 3.63) is 34.6 Å². The standard InChI is InChI=1S/C12H13N3O3/c1-18-10-4-9(5-10)14-7-13-11-3-2-8(15(16)17)6-12(11)14/h2-3,6-7,9-10H,4-5H2,1H3/t9-,10+. The second kappa shape index (κ2) is 4.06. The molecule has 0 saturated heterocycles. The van der Waals surface area contributed by atoms with E-state index in [1.165, 1.54) is 6.07 Å². The molecule has 0 bridgehead atoms. The predicted molar refractivity (Wildman–Crippen MR) is 65.5 cm³/mol. The number of nitro groups is 1. The molecule has 18 heavy (non-hydrogen) atoms. The van der Waals surface area contributed by atoms with Gasteiger partial charge in [0, 0.05) is 25.3 Å². The minimum atomic E-state index is -0.379. The fraction of sp³-hybridized carbons (Fsp3) is 0.417. The van der Waals surface area contributed by atoms with E-state index >= 15 is 0 Å². The molecule has 1 fully saturated rings. The number of hydrogen-bond acceptors (Lipinski definition) is 4. The lowest BCUT2D eigenvalue weighted by Gasteiger charge is -2.35. The molecule has 1 aromatic heterocycles. The Hall–Kier alpha value is -1.95. The number of nitrogens with zero attached hydrogens (tertiary/aromatic N) is 3. The normalized spacial score (nSPS) is 22.9. The van der Waals surface area contributed by atoms with E-state index in [1.807, 2.05) is 4.57 Å². The summed E-state index contributed by atoms with van der Waals surface area (Å²) in [7, 11) is 1.71. The maximum absolute atomic E-state index is 10.8. The van der Waals surface area contributed by atoms with Crippen LogP contribution in [0.2, 0.25) is 0 Å². The van der Waals surface area contributed by atoms with E-state index in [-0.39, 0.29) is 10.6 Å². The number of hydrogen-bond donors (Lipinski definition) is 0. The molecule has 2 aromatic rings. The summed E-state index contributed by atoms with van der Waals surface area (Å²) in [6.45, 7) is 0. The Balaban J connectivity index is 1.97. The van der Waals surface area contributed by atoms with Gasteiger partial charge in [0.2, 0.25) is 0 Å². The molecular formula is C12H13N3O3. The third-order valence-electron chi connectivity index (χ3n) is 3.57. The zero-order valence-corrected chi connectivity index (χ0v) is 9.94. The SMILES string of the molecule is CO[C@H]1C[C@@H](n2cnc3ccc([N+](=O)[O-])cc32)C1. The number of non-ortho nitro benzene ring substituents is 1. The van der Waals surface area contributed by atoms with Gasteiger partial charge in [-0.05, 0) is 18.9 Å². The molecule has 1 heterocycles. The Bertz CT molecular complexity index is 602. The molecule has 1 aromatic carbocycles. The third-order valence-corrected chi connectivity index (χ3v) is 3.57. The van der Waals surface area contributed by atoms with Crippen LogP contribution in [-0.2, 0) is 4.74 Å². The lowest BCUT2D eigenvalue weighted by Crippen LogP contribution is -2.32. The van der Waals surface area contributed by atoms with Gasteiger partial charge in [0.15, 0.2) is 0 Å². The average Bonchev–Trinajstić information content (AvgIpc) is 2.71. The van der Waals surface area contributed by atoms with Crippen LogP contribution < -0.4 is 0 Å². The van der Waals surface area contributed by atoms with Crippen molar-refractivity contribution in [2.45, 2.75) is 25.0 Å². The van der Waals surface area contributed by atoms with Crippen molar-refractivity contribution in [2.75, 3.05) is 7.11 Å². The Morgan fingerprint density at radius 2 is 2.28 bits per heavy atom. The predicted octanol–water partition coefficient (Wildman–Crippen LogP) is 2.29. The number of fused-ring (bicyclic) bond motifs is 1. The second-order valence-corrected chi connectivity index (χ2v) is 4.56. The zero-order chi connectivity index (χ0) is 12.7. The maximum atomic E-state index is 10.8. The van der Waals surface area contributed by atoms with E-state index in [0.717, 1.165) is 23.9 Å². The number of rotatable bonds is 3. The highest BCUT2D eigenvalue weighted by Gasteiger charge is 2.31. The molecule has 0 radical (unpaired) electrons. The van der Waals surface area contributed by atoms with Crippen LogP contribution in [0.5, 0.6) is 0 Å². The van der Waals surface area contributed by atoms with Gasteiger partial charge in [0.1, 0.15) is 0 Å². The number of benzene rings is 1. The second-order valence-electron chi connectivity index (χ2n) is 4.56. The van der Waals surface area contributed by atoms with E-state index in [9.17, 15) is 10.1 Å². The van der Waals surface area contributed by atoms with Crippen molar-refractivity contribution in [3.8, 4) is 0 Å². The molecule has 0 atom stereocenters. The van der Waals surface area contributed by atoms with Crippen LogP contribution >= 0.6 is 0 Å². The van der Waals surface area contributed by atoms with Crippen LogP contribution in [0.25, 0.3) is 11.0 Å². The van der Waals surface area contributed by atoms with Gasteiger partial charge in [-0.2, -0.15) is 0 Å². The molecule has 6 heteroatoms. The molecule has 0 unspecified atom stereocenters. The van der Waals surface area contributed by atoms with Gasteiger partial charge in [-0.15, -0.1) is 0 Å². The molecule has 3 rings (SSSR count). The number of imidazole rings is 1. The summed E-state index contributed by atoms with van der Waals surface area (Å²) >= 11 is 0. The van der Waals surface area contributed by atoms with Crippen molar-refractivity contribution in [1.82, 2.24) is 9.55 Å². The minimum Gasteiger partial charge on any atom is -0.381 e. The number of methoxy groups -OCH3 is 1. The molecule has 1 aliphatic carbocycles. The van der Waals surface area contributed by atoms with Crippen molar-refractivity contribution in [1.29, 1.82) is 0 Å². The Labute approximate surface area is 103 Å². The first-order chi connectivity index (χ1) is 8.69. The monoisotopic (exact) mass is 247 g/mol. The van der Waals surface area contributed by atoms with Crippen molar-refractivity contribution < 1.29 is 9.66 Å². The molecular weight excluding hydrogens is 234 g/mol. The molecule has 94 valence electrons. The van der Waals surface area contributed by atoms with E-state index in [4.69, 9.17) is 4.74 Å². The van der Waals surface area contributed by atoms with Crippen LogP contribution in [0, 0.1) is 10.1 Å². The first-order valence-electron chi connectivity index (χ1n) is 5.83. The summed E-state index contributed by atoms with van der Waals surface area (Å²) in [6, 6.07) is 5.10. The maximum Gasteiger partial charge on any atom is 0.271 e. The lowest BCUT2D eigenvalue weighted by atomic mass is 9.89. The molecule has 6 nitrogen and oxygen atoms in total.